The van der Waals surface area contributed by atoms with E-state index in [2.05, 4.69) is 30.4 Å². The maximum absolute atomic E-state index is 11.4. The van der Waals surface area contributed by atoms with Crippen molar-refractivity contribution in [1.82, 2.24) is 0 Å². The van der Waals surface area contributed by atoms with E-state index in [0.717, 1.165) is 51.4 Å². The molecule has 0 heterocycles. The maximum atomic E-state index is 11.4. The van der Waals surface area contributed by atoms with Gasteiger partial charge in [0.1, 0.15) is 0 Å². The second-order valence-electron chi connectivity index (χ2n) is 7.31. The number of unbranched alkanes of at least 4 members (excludes halogenated alkanes) is 4. The summed E-state index contributed by atoms with van der Waals surface area (Å²) >= 11 is 0. The molecule has 0 fully saturated rings. The van der Waals surface area contributed by atoms with E-state index < -0.39 is 0 Å². The second kappa shape index (κ2) is 15.8. The van der Waals surface area contributed by atoms with Crippen molar-refractivity contribution in [2.45, 2.75) is 85.0 Å². The van der Waals surface area contributed by atoms with E-state index in [0.29, 0.717) is 26.1 Å². The lowest BCUT2D eigenvalue weighted by Gasteiger charge is -2.09. The highest BCUT2D eigenvalue weighted by Crippen LogP contribution is 2.18. The van der Waals surface area contributed by atoms with Gasteiger partial charge in [0.15, 0.2) is 0 Å². The normalized spacial score (nSPS) is 11.0. The molecule has 4 nitrogen and oxygen atoms in total. The molecule has 0 amide bonds. The minimum absolute atomic E-state index is 0.0900. The van der Waals surface area contributed by atoms with Crippen LogP contribution in [0, 0.1) is 0 Å². The Hall–Kier alpha value is -2.10. The molecule has 0 saturated carbocycles. The number of carbonyl (C=O) groups is 2. The van der Waals surface area contributed by atoms with Crippen LogP contribution in [0.2, 0.25) is 0 Å². The average Bonchev–Trinajstić information content (AvgIpc) is 2.68. The lowest BCUT2D eigenvalue weighted by Crippen LogP contribution is -2.03. The predicted octanol–water partition coefficient (Wildman–Crippen LogP) is 6.05. The van der Waals surface area contributed by atoms with Gasteiger partial charge in [-0.2, -0.15) is 0 Å². The number of ether oxygens (including phenoxy) is 2. The third-order valence-corrected chi connectivity index (χ3v) is 4.74. The van der Waals surface area contributed by atoms with E-state index in [4.69, 9.17) is 9.47 Å². The Kier molecular flexibility index (Phi) is 13.6. The number of hydrogen-bond donors (Lipinski definition) is 0. The van der Waals surface area contributed by atoms with Crippen LogP contribution in [0.4, 0.5) is 0 Å². The fourth-order valence-electron chi connectivity index (χ4n) is 3.39. The molecule has 0 spiro atoms. The van der Waals surface area contributed by atoms with Crippen molar-refractivity contribution in [3.05, 3.63) is 41.0 Å². The lowest BCUT2D eigenvalue weighted by atomic mass is 9.97. The van der Waals surface area contributed by atoms with Crippen LogP contribution in [0.5, 0.6) is 0 Å². The van der Waals surface area contributed by atoms with Gasteiger partial charge in [-0.15, -0.1) is 0 Å². The Balaban J connectivity index is 2.43. The van der Waals surface area contributed by atoms with Gasteiger partial charge < -0.3 is 9.47 Å². The fourth-order valence-corrected chi connectivity index (χ4v) is 3.39. The third-order valence-electron chi connectivity index (χ3n) is 4.74. The molecule has 0 aliphatic heterocycles. The van der Waals surface area contributed by atoms with Crippen LogP contribution in [0.25, 0.3) is 6.08 Å². The highest BCUT2D eigenvalue weighted by Gasteiger charge is 2.04. The molecular weight excluding hydrogens is 364 g/mol. The Morgan fingerprint density at radius 2 is 1.24 bits per heavy atom. The van der Waals surface area contributed by atoms with Crippen LogP contribution in [0.15, 0.2) is 24.3 Å². The quantitative estimate of drug-likeness (QED) is 0.265. The molecule has 162 valence electrons. The molecule has 1 aromatic rings. The van der Waals surface area contributed by atoms with Crippen LogP contribution in [0.3, 0.4) is 0 Å². The highest BCUT2D eigenvalue weighted by atomic mass is 16.5. The fraction of sp³-hybridized carbons (Fsp3) is 0.600. The van der Waals surface area contributed by atoms with E-state index in [1.807, 2.05) is 20.8 Å². The van der Waals surface area contributed by atoms with Crippen molar-refractivity contribution in [2.75, 3.05) is 13.2 Å². The van der Waals surface area contributed by atoms with Crippen LogP contribution in [-0.2, 0) is 31.9 Å². The summed E-state index contributed by atoms with van der Waals surface area (Å²) in [4.78, 5) is 22.8. The molecule has 29 heavy (non-hydrogen) atoms. The average molecular weight is 403 g/mol. The molecular formula is C25H38O4. The highest BCUT2D eigenvalue weighted by molar-refractivity contribution is 5.69. The summed E-state index contributed by atoms with van der Waals surface area (Å²) in [5, 5.41) is 0. The van der Waals surface area contributed by atoms with Gasteiger partial charge in [0.05, 0.1) is 13.2 Å². The molecule has 1 rings (SSSR count). The molecule has 0 aliphatic rings. The van der Waals surface area contributed by atoms with E-state index in [-0.39, 0.29) is 11.9 Å². The maximum Gasteiger partial charge on any atom is 0.305 e. The van der Waals surface area contributed by atoms with E-state index in [9.17, 15) is 9.59 Å². The van der Waals surface area contributed by atoms with Gasteiger partial charge in [-0.3, -0.25) is 9.59 Å². The summed E-state index contributed by atoms with van der Waals surface area (Å²) in [5.41, 5.74) is 3.97. The molecule has 0 aromatic heterocycles. The standard InChI is InChI=1S/C25H38O4/c1-4-13-21-18-22(14-9-7-11-16-24(26)28-5-2)20-23(19-21)15-10-8-12-17-25(27)29-6-3/h4,13,18-20H,5-12,14-17H2,1-3H3/b13-4+. The predicted molar refractivity (Wildman–Crippen MR) is 119 cm³/mol. The minimum atomic E-state index is -0.0900. The van der Waals surface area contributed by atoms with E-state index in [1.165, 1.54) is 16.7 Å². The molecule has 0 atom stereocenters. The first kappa shape index (κ1) is 24.9. The Morgan fingerprint density at radius 3 is 1.66 bits per heavy atom. The van der Waals surface area contributed by atoms with Crippen LogP contribution >= 0.6 is 0 Å². The molecule has 4 heteroatoms. The molecule has 0 radical (unpaired) electrons. The number of aryl methyl sites for hydroxylation is 2. The number of rotatable bonds is 15. The van der Waals surface area contributed by atoms with Gasteiger partial charge in [-0.25, -0.2) is 0 Å². The molecule has 0 N–H and O–H groups in total. The van der Waals surface area contributed by atoms with Gasteiger partial charge in [-0.1, -0.05) is 43.2 Å². The van der Waals surface area contributed by atoms with Crippen molar-refractivity contribution in [1.29, 1.82) is 0 Å². The van der Waals surface area contributed by atoms with Crippen molar-refractivity contribution in [3.8, 4) is 0 Å². The summed E-state index contributed by atoms with van der Waals surface area (Å²) in [6, 6.07) is 6.83. The largest absolute Gasteiger partial charge is 0.466 e. The molecule has 0 aliphatic carbocycles. The number of esters is 2. The molecule has 1 aromatic carbocycles. The minimum Gasteiger partial charge on any atom is -0.466 e. The first-order valence-electron chi connectivity index (χ1n) is 11.2. The first-order valence-corrected chi connectivity index (χ1v) is 11.2. The van der Waals surface area contributed by atoms with Crippen molar-refractivity contribution in [2.24, 2.45) is 0 Å². The Labute approximate surface area is 176 Å². The van der Waals surface area contributed by atoms with Gasteiger partial charge in [0.25, 0.3) is 0 Å². The molecule has 0 saturated heterocycles. The van der Waals surface area contributed by atoms with Gasteiger partial charge in [0.2, 0.25) is 0 Å². The van der Waals surface area contributed by atoms with Gasteiger partial charge in [0, 0.05) is 12.8 Å². The van der Waals surface area contributed by atoms with Crippen LogP contribution in [0.1, 0.15) is 88.8 Å². The smallest absolute Gasteiger partial charge is 0.305 e. The lowest BCUT2D eigenvalue weighted by molar-refractivity contribution is -0.144. The van der Waals surface area contributed by atoms with Crippen molar-refractivity contribution < 1.29 is 19.1 Å². The summed E-state index contributed by atoms with van der Waals surface area (Å²) in [6.07, 6.45) is 13.3. The SMILES string of the molecule is C/C=C/c1cc(CCCCCC(=O)OCC)cc(CCCCCC(=O)OCC)c1. The molecule has 0 unspecified atom stereocenters. The van der Waals surface area contributed by atoms with E-state index in [1.54, 1.807) is 0 Å². The topological polar surface area (TPSA) is 52.6 Å². The van der Waals surface area contributed by atoms with Gasteiger partial charge in [-0.05, 0) is 76.0 Å². The number of carbonyl (C=O) groups excluding carboxylic acids is 2. The first-order chi connectivity index (χ1) is 14.1. The number of benzene rings is 1. The summed E-state index contributed by atoms with van der Waals surface area (Å²) in [5.74, 6) is -0.180. The van der Waals surface area contributed by atoms with Crippen molar-refractivity contribution in [3.63, 3.8) is 0 Å². The summed E-state index contributed by atoms with van der Waals surface area (Å²) in [6.45, 7) is 6.64. The summed E-state index contributed by atoms with van der Waals surface area (Å²) < 4.78 is 9.95. The monoisotopic (exact) mass is 402 g/mol. The summed E-state index contributed by atoms with van der Waals surface area (Å²) in [7, 11) is 0. The zero-order valence-electron chi connectivity index (χ0n) is 18.5. The Bertz CT molecular complexity index is 587. The zero-order valence-corrected chi connectivity index (χ0v) is 18.5. The van der Waals surface area contributed by atoms with E-state index >= 15 is 0 Å². The van der Waals surface area contributed by atoms with Gasteiger partial charge >= 0.3 is 11.9 Å². The van der Waals surface area contributed by atoms with Crippen LogP contribution < -0.4 is 0 Å². The van der Waals surface area contributed by atoms with Crippen molar-refractivity contribution >= 4 is 18.0 Å². The number of allylic oxidation sites excluding steroid dienone is 1. The Morgan fingerprint density at radius 1 is 0.759 bits per heavy atom. The second-order valence-corrected chi connectivity index (χ2v) is 7.31. The van der Waals surface area contributed by atoms with Crippen LogP contribution in [-0.4, -0.2) is 25.2 Å². The zero-order chi connectivity index (χ0) is 21.3. The number of hydrogen-bond acceptors (Lipinski definition) is 4. The molecule has 0 bridgehead atoms. The third kappa shape index (κ3) is 12.1.